The zero-order valence-corrected chi connectivity index (χ0v) is 13.4. The number of ether oxygens (including phenoxy) is 1. The number of aliphatic hydroxyl groups excluding tert-OH is 1. The Kier molecular flexibility index (Phi) is 4.43. The summed E-state index contributed by atoms with van der Waals surface area (Å²) in [5, 5.41) is 10.2. The van der Waals surface area contributed by atoms with E-state index in [9.17, 15) is 5.11 Å². The minimum Gasteiger partial charge on any atom is -0.487 e. The molecule has 2 rings (SSSR count). The van der Waals surface area contributed by atoms with Crippen molar-refractivity contribution in [3.05, 3.63) is 29.3 Å². The van der Waals surface area contributed by atoms with Crippen LogP contribution in [0.2, 0.25) is 0 Å². The molecule has 0 radical (unpaired) electrons. The Morgan fingerprint density at radius 3 is 2.50 bits per heavy atom. The fraction of sp³-hybridized carbons (Fsp3) is 0.667. The molecule has 112 valence electrons. The molecule has 3 atom stereocenters. The van der Waals surface area contributed by atoms with Gasteiger partial charge in [0, 0.05) is 0 Å². The Morgan fingerprint density at radius 1 is 1.15 bits per heavy atom. The summed E-state index contributed by atoms with van der Waals surface area (Å²) in [5.41, 5.74) is 2.70. The number of hydrogen-bond donors (Lipinski definition) is 1. The van der Waals surface area contributed by atoms with Crippen molar-refractivity contribution in [2.75, 3.05) is 0 Å². The highest BCUT2D eigenvalue weighted by atomic mass is 16.5. The molecule has 1 saturated carbocycles. The molecule has 0 aliphatic heterocycles. The van der Waals surface area contributed by atoms with Gasteiger partial charge in [-0.15, -0.1) is 0 Å². The van der Waals surface area contributed by atoms with Crippen molar-refractivity contribution >= 4 is 0 Å². The Bertz CT molecular complexity index is 459. The van der Waals surface area contributed by atoms with Crippen LogP contribution in [0.5, 0.6) is 5.75 Å². The predicted octanol–water partition coefficient (Wildman–Crippen LogP) is 4.26. The number of hydrogen-bond acceptors (Lipinski definition) is 2. The molecule has 3 unspecified atom stereocenters. The second-order valence-electron chi connectivity index (χ2n) is 7.30. The van der Waals surface area contributed by atoms with Crippen molar-refractivity contribution in [2.24, 2.45) is 11.3 Å². The maximum absolute atomic E-state index is 10.2. The summed E-state index contributed by atoms with van der Waals surface area (Å²) >= 11 is 0. The molecule has 1 fully saturated rings. The molecule has 0 heterocycles. The van der Waals surface area contributed by atoms with Gasteiger partial charge in [-0.2, -0.15) is 0 Å². The minimum absolute atomic E-state index is 0.0755. The molecule has 0 spiro atoms. The van der Waals surface area contributed by atoms with Crippen LogP contribution in [0.15, 0.2) is 18.2 Å². The molecule has 0 saturated heterocycles. The molecule has 2 heteroatoms. The zero-order chi connectivity index (χ0) is 14.9. The van der Waals surface area contributed by atoms with E-state index in [2.05, 4.69) is 40.7 Å². The average molecular weight is 276 g/mol. The van der Waals surface area contributed by atoms with Crippen molar-refractivity contribution in [1.82, 2.24) is 0 Å². The van der Waals surface area contributed by atoms with E-state index in [1.165, 1.54) is 11.1 Å². The molecule has 1 aliphatic carbocycles. The lowest BCUT2D eigenvalue weighted by molar-refractivity contribution is -0.0300. The zero-order valence-electron chi connectivity index (χ0n) is 13.4. The standard InChI is InChI=1S/C18H28O2/c1-12-7-6-8-16(13(12)2)20-17-11-14(18(3,4)5)9-10-15(17)19/h6-8,14-15,17,19H,9-11H2,1-5H3. The minimum atomic E-state index is -0.339. The van der Waals surface area contributed by atoms with Gasteiger partial charge in [0.25, 0.3) is 0 Å². The van der Waals surface area contributed by atoms with E-state index in [4.69, 9.17) is 4.74 Å². The largest absolute Gasteiger partial charge is 0.487 e. The first-order valence-corrected chi connectivity index (χ1v) is 7.70. The van der Waals surface area contributed by atoms with E-state index in [0.29, 0.717) is 5.92 Å². The maximum Gasteiger partial charge on any atom is 0.125 e. The highest BCUT2D eigenvalue weighted by Gasteiger charge is 2.36. The molecule has 1 aromatic rings. The highest BCUT2D eigenvalue weighted by molar-refractivity contribution is 5.38. The first-order chi connectivity index (χ1) is 9.29. The third-order valence-corrected chi connectivity index (χ3v) is 4.81. The molecule has 1 N–H and O–H groups in total. The highest BCUT2D eigenvalue weighted by Crippen LogP contribution is 2.39. The summed E-state index contributed by atoms with van der Waals surface area (Å²) in [6.07, 6.45) is 2.47. The molecule has 0 bridgehead atoms. The number of aryl methyl sites for hydroxylation is 1. The fourth-order valence-electron chi connectivity index (χ4n) is 3.04. The summed E-state index contributed by atoms with van der Waals surface area (Å²) in [6, 6.07) is 6.13. The van der Waals surface area contributed by atoms with Crippen LogP contribution in [-0.4, -0.2) is 17.3 Å². The lowest BCUT2D eigenvalue weighted by Gasteiger charge is -2.40. The van der Waals surface area contributed by atoms with Crippen LogP contribution in [-0.2, 0) is 0 Å². The molecule has 1 aliphatic rings. The number of benzene rings is 1. The van der Waals surface area contributed by atoms with E-state index >= 15 is 0 Å². The summed E-state index contributed by atoms with van der Waals surface area (Å²) in [5.74, 6) is 1.53. The summed E-state index contributed by atoms with van der Waals surface area (Å²) < 4.78 is 6.15. The van der Waals surface area contributed by atoms with Gasteiger partial charge in [0.05, 0.1) is 6.10 Å². The summed E-state index contributed by atoms with van der Waals surface area (Å²) in [4.78, 5) is 0. The van der Waals surface area contributed by atoms with Gasteiger partial charge in [-0.3, -0.25) is 0 Å². The monoisotopic (exact) mass is 276 g/mol. The van der Waals surface area contributed by atoms with Crippen LogP contribution >= 0.6 is 0 Å². The Morgan fingerprint density at radius 2 is 1.85 bits per heavy atom. The second kappa shape index (κ2) is 5.77. The van der Waals surface area contributed by atoms with Crippen molar-refractivity contribution in [1.29, 1.82) is 0 Å². The van der Waals surface area contributed by atoms with Crippen molar-refractivity contribution in [3.63, 3.8) is 0 Å². The molecule has 0 aromatic heterocycles. The first-order valence-electron chi connectivity index (χ1n) is 7.70. The van der Waals surface area contributed by atoms with E-state index in [-0.39, 0.29) is 17.6 Å². The van der Waals surface area contributed by atoms with Crippen LogP contribution in [0, 0.1) is 25.2 Å². The fourth-order valence-corrected chi connectivity index (χ4v) is 3.04. The summed E-state index contributed by atoms with van der Waals surface area (Å²) in [7, 11) is 0. The normalized spacial score (nSPS) is 27.4. The van der Waals surface area contributed by atoms with E-state index in [0.717, 1.165) is 25.0 Å². The van der Waals surface area contributed by atoms with Crippen molar-refractivity contribution in [2.45, 2.75) is 66.1 Å². The van der Waals surface area contributed by atoms with E-state index < -0.39 is 0 Å². The lowest BCUT2D eigenvalue weighted by atomic mass is 9.71. The topological polar surface area (TPSA) is 29.5 Å². The third-order valence-electron chi connectivity index (χ3n) is 4.81. The van der Waals surface area contributed by atoms with Crippen LogP contribution in [0.4, 0.5) is 0 Å². The summed E-state index contributed by atoms with van der Waals surface area (Å²) in [6.45, 7) is 11.0. The number of aliphatic hydroxyl groups is 1. The second-order valence-corrected chi connectivity index (χ2v) is 7.30. The average Bonchev–Trinajstić information content (AvgIpc) is 2.36. The van der Waals surface area contributed by atoms with Crippen LogP contribution in [0.3, 0.4) is 0 Å². The van der Waals surface area contributed by atoms with Gasteiger partial charge in [0.15, 0.2) is 0 Å². The molecule has 20 heavy (non-hydrogen) atoms. The Balaban J connectivity index is 2.12. The van der Waals surface area contributed by atoms with Crippen molar-refractivity contribution in [3.8, 4) is 5.75 Å². The SMILES string of the molecule is Cc1cccc(OC2CC(C(C)(C)C)CCC2O)c1C. The molecule has 2 nitrogen and oxygen atoms in total. The van der Waals surface area contributed by atoms with E-state index in [1.54, 1.807) is 0 Å². The quantitative estimate of drug-likeness (QED) is 0.874. The molecular formula is C18H28O2. The maximum atomic E-state index is 10.2. The van der Waals surface area contributed by atoms with Gasteiger partial charge < -0.3 is 9.84 Å². The lowest BCUT2D eigenvalue weighted by Crippen LogP contribution is -2.41. The van der Waals surface area contributed by atoms with Gasteiger partial charge >= 0.3 is 0 Å². The predicted molar refractivity (Wildman–Crippen MR) is 83.1 cm³/mol. The van der Waals surface area contributed by atoms with Gasteiger partial charge in [0.2, 0.25) is 0 Å². The Labute approximate surface area is 123 Å². The van der Waals surface area contributed by atoms with Gasteiger partial charge in [-0.05, 0) is 61.6 Å². The smallest absolute Gasteiger partial charge is 0.125 e. The number of rotatable bonds is 2. The van der Waals surface area contributed by atoms with E-state index in [1.807, 2.05) is 12.1 Å². The van der Waals surface area contributed by atoms with Crippen LogP contribution in [0.25, 0.3) is 0 Å². The Hall–Kier alpha value is -1.02. The first kappa shape index (κ1) is 15.4. The van der Waals surface area contributed by atoms with Gasteiger partial charge in [-0.1, -0.05) is 32.9 Å². The molecule has 0 amide bonds. The van der Waals surface area contributed by atoms with Crippen molar-refractivity contribution < 1.29 is 9.84 Å². The van der Waals surface area contributed by atoms with Crippen LogP contribution in [0.1, 0.15) is 51.2 Å². The molecule has 1 aromatic carbocycles. The van der Waals surface area contributed by atoms with Gasteiger partial charge in [0.1, 0.15) is 11.9 Å². The molecular weight excluding hydrogens is 248 g/mol. The van der Waals surface area contributed by atoms with Gasteiger partial charge in [-0.25, -0.2) is 0 Å². The third kappa shape index (κ3) is 3.35. The van der Waals surface area contributed by atoms with Crippen LogP contribution < -0.4 is 4.74 Å².